The molecular weight excluding hydrogens is 442 g/mol. The van der Waals surface area contributed by atoms with Crippen molar-refractivity contribution in [2.75, 3.05) is 5.32 Å². The number of nitrogens with zero attached hydrogens (tertiary/aromatic N) is 6. The van der Waals surface area contributed by atoms with Crippen molar-refractivity contribution in [1.29, 1.82) is 0 Å². The van der Waals surface area contributed by atoms with Crippen LogP contribution in [0.3, 0.4) is 0 Å². The Bertz CT molecular complexity index is 1770. The number of tetrazole rings is 1. The summed E-state index contributed by atoms with van der Waals surface area (Å²) in [5.74, 6) is 0. The van der Waals surface area contributed by atoms with Crippen LogP contribution in [0.1, 0.15) is 5.56 Å². The Balaban J connectivity index is 1.73. The molecule has 0 spiro atoms. The molecule has 35 heavy (non-hydrogen) atoms. The van der Waals surface area contributed by atoms with E-state index in [1.165, 1.54) is 13.6 Å². The molecule has 3 aromatic heterocycles. The summed E-state index contributed by atoms with van der Waals surface area (Å²) in [6.45, 7) is 0.475. The van der Waals surface area contributed by atoms with Gasteiger partial charge in [-0.25, -0.2) is 13.9 Å². The van der Waals surface area contributed by atoms with Gasteiger partial charge in [0.15, 0.2) is 11.3 Å². The van der Waals surface area contributed by atoms with E-state index < -0.39 is 11.2 Å². The second kappa shape index (κ2) is 8.38. The Morgan fingerprint density at radius 1 is 0.743 bits per heavy atom. The third kappa shape index (κ3) is 3.46. The number of hydrogen-bond acceptors (Lipinski definition) is 6. The van der Waals surface area contributed by atoms with Crippen molar-refractivity contribution >= 4 is 22.4 Å². The van der Waals surface area contributed by atoms with Crippen LogP contribution < -0.4 is 16.6 Å². The number of rotatable bonds is 5. The summed E-state index contributed by atoms with van der Waals surface area (Å²) in [5, 5.41) is 15.7. The number of anilines is 1. The Hall–Kier alpha value is -5.05. The molecule has 6 aromatic rings. The van der Waals surface area contributed by atoms with Crippen LogP contribution in [0.4, 0.5) is 5.69 Å². The molecule has 0 aliphatic carbocycles. The number of nitrogens with one attached hydrogen (secondary N) is 1. The van der Waals surface area contributed by atoms with Gasteiger partial charge in [-0.3, -0.25) is 4.79 Å². The summed E-state index contributed by atoms with van der Waals surface area (Å²) in [6.07, 6.45) is 0. The van der Waals surface area contributed by atoms with E-state index in [1.54, 1.807) is 42.5 Å². The Morgan fingerprint density at radius 3 is 2.00 bits per heavy atom. The highest BCUT2D eigenvalue weighted by molar-refractivity contribution is 5.92. The summed E-state index contributed by atoms with van der Waals surface area (Å²) < 4.78 is 4.08. The van der Waals surface area contributed by atoms with E-state index in [2.05, 4.69) is 20.8 Å². The van der Waals surface area contributed by atoms with Crippen molar-refractivity contribution in [2.24, 2.45) is 0 Å². The van der Waals surface area contributed by atoms with Crippen molar-refractivity contribution in [3.8, 4) is 11.4 Å². The predicted molar refractivity (Wildman–Crippen MR) is 133 cm³/mol. The number of fused-ring (bicyclic) bond motifs is 3. The number of aromatic nitrogens is 6. The van der Waals surface area contributed by atoms with Gasteiger partial charge in [0.05, 0.1) is 17.1 Å². The van der Waals surface area contributed by atoms with Crippen molar-refractivity contribution in [3.63, 3.8) is 0 Å². The fourth-order valence-corrected chi connectivity index (χ4v) is 4.22. The van der Waals surface area contributed by atoms with Crippen molar-refractivity contribution in [2.45, 2.75) is 6.54 Å². The van der Waals surface area contributed by atoms with Crippen LogP contribution in [0.25, 0.3) is 28.1 Å². The van der Waals surface area contributed by atoms with Crippen molar-refractivity contribution in [1.82, 2.24) is 29.2 Å². The monoisotopic (exact) mass is 461 g/mol. The summed E-state index contributed by atoms with van der Waals surface area (Å²) in [4.78, 5) is 27.8. The zero-order chi connectivity index (χ0) is 23.8. The van der Waals surface area contributed by atoms with Crippen LogP contribution in [-0.4, -0.2) is 29.2 Å². The van der Waals surface area contributed by atoms with Gasteiger partial charge in [-0.1, -0.05) is 66.7 Å². The lowest BCUT2D eigenvalue weighted by Gasteiger charge is -2.17. The summed E-state index contributed by atoms with van der Waals surface area (Å²) in [5.41, 5.74) is 2.35. The highest BCUT2D eigenvalue weighted by Crippen LogP contribution is 2.24. The molecule has 0 aliphatic rings. The maximum absolute atomic E-state index is 14.0. The molecule has 1 N–H and O–H groups in total. The van der Waals surface area contributed by atoms with Gasteiger partial charge in [0, 0.05) is 12.6 Å². The molecule has 9 heteroatoms. The molecule has 0 atom stereocenters. The molecule has 0 radical (unpaired) electrons. The minimum Gasteiger partial charge on any atom is -0.380 e. The van der Waals surface area contributed by atoms with Gasteiger partial charge in [0.2, 0.25) is 0 Å². The van der Waals surface area contributed by atoms with Crippen molar-refractivity contribution < 1.29 is 0 Å². The van der Waals surface area contributed by atoms with Crippen LogP contribution in [-0.2, 0) is 6.54 Å². The van der Waals surface area contributed by atoms with E-state index >= 15 is 0 Å². The molecule has 170 valence electrons. The van der Waals surface area contributed by atoms with Gasteiger partial charge in [-0.05, 0) is 40.3 Å². The lowest BCUT2D eigenvalue weighted by molar-refractivity contribution is 0.784. The summed E-state index contributed by atoms with van der Waals surface area (Å²) in [7, 11) is 0. The normalized spacial score (nSPS) is 11.2. The van der Waals surface area contributed by atoms with E-state index in [0.29, 0.717) is 34.6 Å². The number of para-hydroxylation sites is 2. The summed E-state index contributed by atoms with van der Waals surface area (Å²) in [6, 6.07) is 29.6. The lowest BCUT2D eigenvalue weighted by Crippen LogP contribution is -2.39. The van der Waals surface area contributed by atoms with E-state index in [9.17, 15) is 9.59 Å². The van der Waals surface area contributed by atoms with Gasteiger partial charge in [0.25, 0.3) is 5.56 Å². The SMILES string of the molecule is O=c1c2c(NCc3ccccc3)cc3nnnn3c2n(-c2ccccc2)c(=O)n1-c1ccccc1. The van der Waals surface area contributed by atoms with Crippen LogP contribution >= 0.6 is 0 Å². The van der Waals surface area contributed by atoms with Gasteiger partial charge in [-0.15, -0.1) is 5.10 Å². The lowest BCUT2D eigenvalue weighted by atomic mass is 10.2. The number of benzene rings is 3. The second-order valence-corrected chi connectivity index (χ2v) is 7.97. The van der Waals surface area contributed by atoms with E-state index in [0.717, 1.165) is 5.56 Å². The van der Waals surface area contributed by atoms with Crippen LogP contribution in [0.2, 0.25) is 0 Å². The Kier molecular flexibility index (Phi) is 4.92. The average Bonchev–Trinajstić information content (AvgIpc) is 3.38. The first-order valence-electron chi connectivity index (χ1n) is 11.0. The molecule has 0 fully saturated rings. The van der Waals surface area contributed by atoms with Gasteiger partial charge < -0.3 is 5.32 Å². The first-order chi connectivity index (χ1) is 17.2. The first-order valence-corrected chi connectivity index (χ1v) is 11.0. The van der Waals surface area contributed by atoms with Crippen LogP contribution in [0, 0.1) is 0 Å². The second-order valence-electron chi connectivity index (χ2n) is 7.97. The van der Waals surface area contributed by atoms with E-state index in [-0.39, 0.29) is 5.65 Å². The quantitative estimate of drug-likeness (QED) is 0.423. The van der Waals surface area contributed by atoms with Crippen LogP contribution in [0.5, 0.6) is 0 Å². The maximum Gasteiger partial charge on any atom is 0.341 e. The Morgan fingerprint density at radius 2 is 1.34 bits per heavy atom. The minimum absolute atomic E-state index is 0.288. The van der Waals surface area contributed by atoms with E-state index in [1.807, 2.05) is 54.6 Å². The van der Waals surface area contributed by atoms with Gasteiger partial charge >= 0.3 is 5.69 Å². The van der Waals surface area contributed by atoms with Gasteiger partial charge in [0.1, 0.15) is 5.39 Å². The molecule has 0 bridgehead atoms. The maximum atomic E-state index is 14.0. The minimum atomic E-state index is -0.517. The molecule has 3 heterocycles. The zero-order valence-corrected chi connectivity index (χ0v) is 18.4. The Labute approximate surface area is 198 Å². The van der Waals surface area contributed by atoms with Gasteiger partial charge in [-0.2, -0.15) is 4.52 Å². The molecule has 3 aromatic carbocycles. The number of hydrogen-bond donors (Lipinski definition) is 1. The third-order valence-corrected chi connectivity index (χ3v) is 5.83. The highest BCUT2D eigenvalue weighted by atomic mass is 16.2. The molecule has 0 unspecified atom stereocenters. The molecular formula is C26H19N7O2. The van der Waals surface area contributed by atoms with E-state index in [4.69, 9.17) is 0 Å². The first kappa shape index (κ1) is 20.5. The molecule has 0 aliphatic heterocycles. The number of pyridine rings is 1. The molecule has 0 saturated heterocycles. The average molecular weight is 461 g/mol. The van der Waals surface area contributed by atoms with Crippen LogP contribution in [0.15, 0.2) is 107 Å². The molecule has 0 amide bonds. The zero-order valence-electron chi connectivity index (χ0n) is 18.4. The fourth-order valence-electron chi connectivity index (χ4n) is 4.22. The molecule has 9 nitrogen and oxygen atoms in total. The predicted octanol–water partition coefficient (Wildman–Crippen LogP) is 3.19. The molecule has 0 saturated carbocycles. The summed E-state index contributed by atoms with van der Waals surface area (Å²) >= 11 is 0. The third-order valence-electron chi connectivity index (χ3n) is 5.83. The topological polar surface area (TPSA) is 99.1 Å². The van der Waals surface area contributed by atoms with Crippen molar-refractivity contribution in [3.05, 3.63) is 123 Å². The largest absolute Gasteiger partial charge is 0.380 e. The standard InChI is InChI=1S/C26H19N7O2/c34-25-23-21(27-17-18-10-4-1-5-11-18)16-22-28-29-30-33(22)24(23)31(19-12-6-2-7-13-19)26(35)32(25)20-14-8-3-9-15-20/h1-16,27H,17H2. The fraction of sp³-hybridized carbons (Fsp3) is 0.0385. The highest BCUT2D eigenvalue weighted by Gasteiger charge is 2.22. The smallest absolute Gasteiger partial charge is 0.341 e. The molecule has 6 rings (SSSR count).